The number of benzene rings is 2. The lowest BCUT2D eigenvalue weighted by atomic mass is 10.1. The van der Waals surface area contributed by atoms with Crippen LogP contribution in [0.1, 0.15) is 35.7 Å². The van der Waals surface area contributed by atoms with E-state index in [1.807, 2.05) is 12.1 Å². The Labute approximate surface area is 179 Å². The van der Waals surface area contributed by atoms with Crippen molar-refractivity contribution in [2.45, 2.75) is 31.4 Å². The molecular formula is C23H21N3O5. The van der Waals surface area contributed by atoms with Gasteiger partial charge in [-0.15, -0.1) is 0 Å². The molecule has 0 radical (unpaired) electrons. The van der Waals surface area contributed by atoms with Gasteiger partial charge in [-0.2, -0.15) is 5.06 Å². The van der Waals surface area contributed by atoms with E-state index < -0.39 is 29.6 Å². The maximum absolute atomic E-state index is 12.4. The molecule has 1 atom stereocenters. The molecule has 31 heavy (non-hydrogen) atoms. The molecule has 1 saturated heterocycles. The minimum atomic E-state index is -0.665. The number of rotatable bonds is 5. The highest BCUT2D eigenvalue weighted by Crippen LogP contribution is 2.49. The van der Waals surface area contributed by atoms with Gasteiger partial charge in [-0.25, -0.2) is 16.2 Å². The predicted molar refractivity (Wildman–Crippen MR) is 111 cm³/mol. The molecule has 8 nitrogen and oxygen atoms in total. The van der Waals surface area contributed by atoms with E-state index in [0.717, 1.165) is 23.5 Å². The third-order valence-electron chi connectivity index (χ3n) is 5.45. The first-order valence-corrected chi connectivity index (χ1v) is 9.95. The normalized spacial score (nSPS) is 18.6. The molecule has 0 aromatic heterocycles. The number of anilines is 1. The third-order valence-corrected chi connectivity index (χ3v) is 5.45. The number of amides is 2. The van der Waals surface area contributed by atoms with Crippen LogP contribution in [0.25, 0.3) is 4.85 Å². The van der Waals surface area contributed by atoms with Gasteiger partial charge >= 0.3 is 12.1 Å². The molecule has 0 N–H and O–H groups in total. The Hall–Kier alpha value is -3.86. The molecule has 2 amide bonds. The summed E-state index contributed by atoms with van der Waals surface area (Å²) in [4.78, 5) is 47.0. The van der Waals surface area contributed by atoms with E-state index in [9.17, 15) is 14.4 Å². The first-order valence-electron chi connectivity index (χ1n) is 9.95. The molecule has 2 aromatic carbocycles. The average Bonchev–Trinajstić information content (AvgIpc) is 3.50. The van der Waals surface area contributed by atoms with E-state index in [1.165, 1.54) is 11.8 Å². The lowest BCUT2D eigenvalue weighted by molar-refractivity contribution is -0.169. The molecule has 1 aliphatic carbocycles. The van der Waals surface area contributed by atoms with Crippen LogP contribution in [0.5, 0.6) is 0 Å². The van der Waals surface area contributed by atoms with Crippen LogP contribution >= 0.6 is 0 Å². The summed E-state index contributed by atoms with van der Waals surface area (Å²) in [6.07, 6.45) is 0.512. The summed E-state index contributed by atoms with van der Waals surface area (Å²) in [6, 6.07) is 15.6. The lowest BCUT2D eigenvalue weighted by Gasteiger charge is -2.22. The van der Waals surface area contributed by atoms with E-state index in [1.54, 1.807) is 42.5 Å². The number of carbonyl (C=O) groups is 3. The summed E-state index contributed by atoms with van der Waals surface area (Å²) in [6.45, 7) is 8.77. The number of hydrogen-bond acceptors (Lipinski definition) is 5. The largest absolute Gasteiger partial charge is 0.442 e. The van der Waals surface area contributed by atoms with Crippen molar-refractivity contribution in [3.05, 3.63) is 77.1 Å². The molecule has 0 bridgehead atoms. The number of hydrogen-bond donors (Lipinski definition) is 0. The number of cyclic esters (lactones) is 1. The van der Waals surface area contributed by atoms with Gasteiger partial charge < -0.3 is 14.4 Å². The van der Waals surface area contributed by atoms with Crippen molar-refractivity contribution in [3.63, 3.8) is 0 Å². The Balaban J connectivity index is 1.40. The van der Waals surface area contributed by atoms with Gasteiger partial charge in [0.25, 0.3) is 11.4 Å². The molecule has 2 aromatic rings. The standard InChI is InChI=1S/C23H21N3O5/c1-16(27)26(31-21(28)17-6-4-3-5-7-17)15-20-14-25(22(29)30-20)19-10-8-18(9-11-19)23(24-2)12-13-23/h3-11,20H,12-15H2,1H3. The van der Waals surface area contributed by atoms with Gasteiger partial charge in [0, 0.05) is 31.0 Å². The highest BCUT2D eigenvalue weighted by Gasteiger charge is 2.52. The molecule has 1 unspecified atom stereocenters. The van der Waals surface area contributed by atoms with E-state index in [2.05, 4.69) is 4.85 Å². The first-order chi connectivity index (χ1) is 14.9. The molecule has 0 spiro atoms. The first kappa shape index (κ1) is 20.4. The summed E-state index contributed by atoms with van der Waals surface area (Å²) < 4.78 is 5.38. The summed E-state index contributed by atoms with van der Waals surface area (Å²) in [5.74, 6) is -1.14. The zero-order chi connectivity index (χ0) is 22.0. The minimum Gasteiger partial charge on any atom is -0.442 e. The highest BCUT2D eigenvalue weighted by molar-refractivity contribution is 5.91. The van der Waals surface area contributed by atoms with Crippen molar-refractivity contribution < 1.29 is 24.0 Å². The molecule has 158 valence electrons. The second-order valence-corrected chi connectivity index (χ2v) is 7.63. The third kappa shape index (κ3) is 4.21. The van der Waals surface area contributed by atoms with Crippen LogP contribution in [-0.4, -0.2) is 42.2 Å². The van der Waals surface area contributed by atoms with Crippen LogP contribution < -0.4 is 4.90 Å². The fraction of sp³-hybridized carbons (Fsp3) is 0.304. The number of ether oxygens (including phenoxy) is 1. The molecule has 8 heteroatoms. The molecule has 1 heterocycles. The van der Waals surface area contributed by atoms with E-state index in [-0.39, 0.29) is 13.1 Å². The van der Waals surface area contributed by atoms with Gasteiger partial charge in [-0.05, 0) is 36.4 Å². The van der Waals surface area contributed by atoms with Gasteiger partial charge in [0.2, 0.25) is 0 Å². The van der Waals surface area contributed by atoms with Crippen molar-refractivity contribution >= 4 is 23.7 Å². The van der Waals surface area contributed by atoms with E-state index in [0.29, 0.717) is 11.3 Å². The maximum Gasteiger partial charge on any atom is 0.414 e. The van der Waals surface area contributed by atoms with Gasteiger partial charge in [-0.3, -0.25) is 9.69 Å². The van der Waals surface area contributed by atoms with Gasteiger partial charge in [0.05, 0.1) is 18.7 Å². The SMILES string of the molecule is [C-]#[N+]C1(c2ccc(N3CC(CN(OC(=O)c4ccccc4)C(C)=O)OC3=O)cc2)CC1. The summed E-state index contributed by atoms with van der Waals surface area (Å²) in [5, 5.41) is 0.909. The molecule has 2 fully saturated rings. The molecule has 4 rings (SSSR count). The molecule has 2 aliphatic rings. The minimum absolute atomic E-state index is 0.0743. The Kier molecular flexibility index (Phi) is 5.34. The molecule has 1 saturated carbocycles. The zero-order valence-electron chi connectivity index (χ0n) is 17.0. The Morgan fingerprint density at radius 3 is 2.45 bits per heavy atom. The van der Waals surface area contributed by atoms with Crippen LogP contribution in [0.3, 0.4) is 0 Å². The Bertz CT molecular complexity index is 1040. The van der Waals surface area contributed by atoms with Crippen LogP contribution in [0.2, 0.25) is 0 Å². The monoisotopic (exact) mass is 419 g/mol. The molecular weight excluding hydrogens is 398 g/mol. The maximum atomic E-state index is 12.4. The Morgan fingerprint density at radius 2 is 1.87 bits per heavy atom. The van der Waals surface area contributed by atoms with Crippen molar-refractivity contribution in [2.24, 2.45) is 0 Å². The summed E-state index contributed by atoms with van der Waals surface area (Å²) in [7, 11) is 0. The quantitative estimate of drug-likeness (QED) is 0.547. The second kappa shape index (κ2) is 8.11. The lowest BCUT2D eigenvalue weighted by Crippen LogP contribution is -2.39. The van der Waals surface area contributed by atoms with Gasteiger partial charge in [0.15, 0.2) is 0 Å². The van der Waals surface area contributed by atoms with Crippen molar-refractivity contribution in [3.8, 4) is 0 Å². The van der Waals surface area contributed by atoms with Gasteiger partial charge in [-0.1, -0.05) is 18.2 Å². The Morgan fingerprint density at radius 1 is 1.19 bits per heavy atom. The van der Waals surface area contributed by atoms with Crippen molar-refractivity contribution in [1.82, 2.24) is 5.06 Å². The highest BCUT2D eigenvalue weighted by atomic mass is 16.7. The summed E-state index contributed by atoms with van der Waals surface area (Å²) >= 11 is 0. The molecule has 1 aliphatic heterocycles. The van der Waals surface area contributed by atoms with Gasteiger partial charge in [0.1, 0.15) is 6.10 Å². The second-order valence-electron chi connectivity index (χ2n) is 7.63. The number of hydroxylamine groups is 2. The van der Waals surface area contributed by atoms with Crippen LogP contribution in [0.4, 0.5) is 10.5 Å². The smallest absolute Gasteiger partial charge is 0.414 e. The average molecular weight is 419 g/mol. The van der Waals surface area contributed by atoms with Crippen LogP contribution in [0, 0.1) is 6.57 Å². The van der Waals surface area contributed by atoms with E-state index >= 15 is 0 Å². The number of nitrogens with zero attached hydrogens (tertiary/aromatic N) is 3. The van der Waals surface area contributed by atoms with E-state index in [4.69, 9.17) is 16.1 Å². The van der Waals surface area contributed by atoms with Crippen molar-refractivity contribution in [2.75, 3.05) is 18.0 Å². The predicted octanol–water partition coefficient (Wildman–Crippen LogP) is 3.54. The fourth-order valence-electron chi connectivity index (χ4n) is 3.50. The summed E-state index contributed by atoms with van der Waals surface area (Å²) in [5.41, 5.74) is 1.50. The zero-order valence-corrected chi connectivity index (χ0v) is 17.0. The van der Waals surface area contributed by atoms with Crippen molar-refractivity contribution in [1.29, 1.82) is 0 Å². The van der Waals surface area contributed by atoms with Crippen LogP contribution in [-0.2, 0) is 19.9 Å². The van der Waals surface area contributed by atoms with Crippen LogP contribution in [0.15, 0.2) is 54.6 Å². The number of carbonyl (C=O) groups excluding carboxylic acids is 3. The fourth-order valence-corrected chi connectivity index (χ4v) is 3.50. The topological polar surface area (TPSA) is 80.5 Å².